The Bertz CT molecular complexity index is 1010. The van der Waals surface area contributed by atoms with Crippen LogP contribution in [0.3, 0.4) is 0 Å². The van der Waals surface area contributed by atoms with Crippen LogP contribution in [0.4, 0.5) is 11.5 Å². The average Bonchev–Trinajstić information content (AvgIpc) is 3.06. The van der Waals surface area contributed by atoms with Gasteiger partial charge in [-0.25, -0.2) is 4.98 Å². The summed E-state index contributed by atoms with van der Waals surface area (Å²) in [6.07, 6.45) is 5.66. The average molecular weight is 390 g/mol. The normalized spacial score (nSPS) is 16.7. The van der Waals surface area contributed by atoms with E-state index >= 15 is 0 Å². The van der Waals surface area contributed by atoms with Crippen LogP contribution >= 0.6 is 0 Å². The van der Waals surface area contributed by atoms with Crippen molar-refractivity contribution in [1.82, 2.24) is 24.6 Å². The van der Waals surface area contributed by atoms with Crippen LogP contribution in [0.5, 0.6) is 0 Å². The number of likely N-dealkylation sites (tertiary alicyclic amines) is 1. The predicted octanol–water partition coefficient (Wildman–Crippen LogP) is 3.59. The van der Waals surface area contributed by atoms with Crippen LogP contribution in [0.15, 0.2) is 42.7 Å². The third-order valence-corrected chi connectivity index (χ3v) is 5.32. The van der Waals surface area contributed by atoms with E-state index < -0.39 is 0 Å². The van der Waals surface area contributed by atoms with Gasteiger partial charge in [-0.05, 0) is 51.0 Å². The molecule has 1 aliphatic rings. The summed E-state index contributed by atoms with van der Waals surface area (Å²) in [4.78, 5) is 24.0. The number of nitrogens with zero attached hydrogens (tertiary/aromatic N) is 5. The zero-order chi connectivity index (χ0) is 20.4. The van der Waals surface area contributed by atoms with E-state index in [0.29, 0.717) is 12.1 Å². The monoisotopic (exact) mass is 390 g/mol. The molecule has 3 aromatic heterocycles. The molecule has 0 aliphatic carbocycles. The fourth-order valence-electron chi connectivity index (χ4n) is 3.86. The first-order valence-electron chi connectivity index (χ1n) is 9.96. The van der Waals surface area contributed by atoms with E-state index in [1.54, 1.807) is 10.9 Å². The van der Waals surface area contributed by atoms with E-state index in [1.165, 1.54) is 0 Å². The van der Waals surface area contributed by atoms with E-state index in [0.717, 1.165) is 48.0 Å². The lowest BCUT2D eigenvalue weighted by Gasteiger charge is -2.32. The van der Waals surface area contributed by atoms with Gasteiger partial charge >= 0.3 is 0 Å². The second kappa shape index (κ2) is 8.03. The van der Waals surface area contributed by atoms with Crippen molar-refractivity contribution in [3.63, 3.8) is 0 Å². The Morgan fingerprint density at radius 1 is 1.21 bits per heavy atom. The molecule has 7 heteroatoms. The van der Waals surface area contributed by atoms with E-state index in [1.807, 2.05) is 62.3 Å². The Hall–Kier alpha value is -3.22. The van der Waals surface area contributed by atoms with Crippen LogP contribution in [0.1, 0.15) is 46.2 Å². The minimum Gasteiger partial charge on any atom is -0.339 e. The number of anilines is 2. The number of carbonyl (C=O) groups excluding carboxylic acids is 1. The lowest BCUT2D eigenvalue weighted by molar-refractivity contribution is 0.0705. The molecule has 3 aromatic rings. The smallest absolute Gasteiger partial charge is 0.257 e. The molecular formula is C22H26N6O. The van der Waals surface area contributed by atoms with Gasteiger partial charge in [0.25, 0.3) is 5.91 Å². The first kappa shape index (κ1) is 19.1. The van der Waals surface area contributed by atoms with Crippen LogP contribution in [-0.4, -0.2) is 43.6 Å². The highest BCUT2D eigenvalue weighted by molar-refractivity contribution is 5.95. The first-order valence-corrected chi connectivity index (χ1v) is 9.96. The molecule has 1 aliphatic heterocycles. The van der Waals surface area contributed by atoms with Crippen LogP contribution in [0.2, 0.25) is 0 Å². The van der Waals surface area contributed by atoms with Gasteiger partial charge < -0.3 is 10.2 Å². The molecule has 150 valence electrons. The molecule has 1 unspecified atom stereocenters. The summed E-state index contributed by atoms with van der Waals surface area (Å²) in [7, 11) is 1.84. The maximum atomic E-state index is 12.9. The predicted molar refractivity (Wildman–Crippen MR) is 112 cm³/mol. The lowest BCUT2D eigenvalue weighted by atomic mass is 9.93. The molecule has 0 spiro atoms. The van der Waals surface area contributed by atoms with Gasteiger partial charge in [-0.2, -0.15) is 5.10 Å². The fourth-order valence-corrected chi connectivity index (χ4v) is 3.86. The van der Waals surface area contributed by atoms with Gasteiger partial charge in [0.2, 0.25) is 0 Å². The Labute approximate surface area is 170 Å². The van der Waals surface area contributed by atoms with E-state index in [4.69, 9.17) is 0 Å². The summed E-state index contributed by atoms with van der Waals surface area (Å²) in [6, 6.07) is 9.95. The number of aromatic nitrogens is 4. The second-order valence-corrected chi connectivity index (χ2v) is 7.65. The number of carbonyl (C=O) groups is 1. The van der Waals surface area contributed by atoms with E-state index in [2.05, 4.69) is 20.4 Å². The Morgan fingerprint density at radius 2 is 2.07 bits per heavy atom. The number of nitrogens with one attached hydrogen (secondary N) is 1. The molecule has 7 nitrogen and oxygen atoms in total. The van der Waals surface area contributed by atoms with Crippen molar-refractivity contribution in [2.45, 2.75) is 32.6 Å². The Kier molecular flexibility index (Phi) is 5.29. The third kappa shape index (κ3) is 4.29. The molecule has 1 saturated heterocycles. The minimum atomic E-state index is 0.0594. The highest BCUT2D eigenvalue weighted by Crippen LogP contribution is 2.28. The number of hydrogen-bond acceptors (Lipinski definition) is 5. The molecule has 1 N–H and O–H groups in total. The van der Waals surface area contributed by atoms with Crippen molar-refractivity contribution in [3.8, 4) is 0 Å². The van der Waals surface area contributed by atoms with Crippen LogP contribution in [0, 0.1) is 13.8 Å². The fraction of sp³-hybridized carbons (Fsp3) is 0.364. The molecule has 0 saturated carbocycles. The standard InChI is InChI=1S/C22H26N6O/c1-15-6-4-8-21(24-15)25-18-9-10-20(23-12-18)17-7-5-11-28(13-17)22(29)19-14-27(3)26-16(19)2/h4,6,8-10,12,14,17H,5,7,11,13H2,1-3H3,(H,24,25). The third-order valence-electron chi connectivity index (χ3n) is 5.32. The maximum absolute atomic E-state index is 12.9. The van der Waals surface area contributed by atoms with Crippen LogP contribution in [-0.2, 0) is 7.05 Å². The Morgan fingerprint density at radius 3 is 2.76 bits per heavy atom. The summed E-state index contributed by atoms with van der Waals surface area (Å²) in [5, 5.41) is 7.58. The summed E-state index contributed by atoms with van der Waals surface area (Å²) in [6.45, 7) is 5.31. The minimum absolute atomic E-state index is 0.0594. The molecular weight excluding hydrogens is 364 g/mol. The van der Waals surface area contributed by atoms with E-state index in [9.17, 15) is 4.79 Å². The molecule has 0 aromatic carbocycles. The van der Waals surface area contributed by atoms with Gasteiger partial charge in [0, 0.05) is 43.6 Å². The Balaban J connectivity index is 1.44. The summed E-state index contributed by atoms with van der Waals surface area (Å²) in [5.41, 5.74) is 4.36. The van der Waals surface area contributed by atoms with E-state index in [-0.39, 0.29) is 11.8 Å². The largest absolute Gasteiger partial charge is 0.339 e. The molecule has 1 amide bonds. The van der Waals surface area contributed by atoms with Crippen molar-refractivity contribution in [2.75, 3.05) is 18.4 Å². The van der Waals surface area contributed by atoms with Crippen molar-refractivity contribution in [2.24, 2.45) is 7.05 Å². The zero-order valence-corrected chi connectivity index (χ0v) is 17.1. The zero-order valence-electron chi connectivity index (χ0n) is 17.1. The summed E-state index contributed by atoms with van der Waals surface area (Å²) in [5.74, 6) is 1.11. The molecule has 1 fully saturated rings. The van der Waals surface area contributed by atoms with Gasteiger partial charge in [0.05, 0.1) is 23.1 Å². The topological polar surface area (TPSA) is 75.9 Å². The van der Waals surface area contributed by atoms with Crippen molar-refractivity contribution in [3.05, 3.63) is 65.4 Å². The number of pyridine rings is 2. The highest BCUT2D eigenvalue weighted by atomic mass is 16.2. The molecule has 4 heterocycles. The molecule has 0 bridgehead atoms. The first-order chi connectivity index (χ1) is 14.0. The van der Waals surface area contributed by atoms with Crippen molar-refractivity contribution in [1.29, 1.82) is 0 Å². The molecule has 4 rings (SSSR count). The van der Waals surface area contributed by atoms with Crippen molar-refractivity contribution < 1.29 is 4.79 Å². The van der Waals surface area contributed by atoms with Gasteiger partial charge in [-0.15, -0.1) is 0 Å². The molecule has 1 atom stereocenters. The summed E-state index contributed by atoms with van der Waals surface area (Å²) >= 11 is 0. The number of rotatable bonds is 4. The molecule has 0 radical (unpaired) electrons. The maximum Gasteiger partial charge on any atom is 0.257 e. The van der Waals surface area contributed by atoms with Gasteiger partial charge in [0.15, 0.2) is 0 Å². The SMILES string of the molecule is Cc1cccc(Nc2ccc(C3CCCN(C(=O)c4cn(C)nc4C)C3)nc2)n1. The molecule has 29 heavy (non-hydrogen) atoms. The lowest BCUT2D eigenvalue weighted by Crippen LogP contribution is -2.39. The van der Waals surface area contributed by atoms with Gasteiger partial charge in [-0.1, -0.05) is 6.07 Å². The quantitative estimate of drug-likeness (QED) is 0.737. The van der Waals surface area contributed by atoms with Crippen LogP contribution < -0.4 is 5.32 Å². The van der Waals surface area contributed by atoms with Gasteiger partial charge in [-0.3, -0.25) is 14.5 Å². The number of piperidine rings is 1. The number of amides is 1. The number of aryl methyl sites for hydroxylation is 3. The van der Waals surface area contributed by atoms with Gasteiger partial charge in [0.1, 0.15) is 5.82 Å². The van der Waals surface area contributed by atoms with Crippen molar-refractivity contribution >= 4 is 17.4 Å². The van der Waals surface area contributed by atoms with Crippen LogP contribution in [0.25, 0.3) is 0 Å². The highest BCUT2D eigenvalue weighted by Gasteiger charge is 2.27. The second-order valence-electron chi connectivity index (χ2n) is 7.65. The number of hydrogen-bond donors (Lipinski definition) is 1. The summed E-state index contributed by atoms with van der Waals surface area (Å²) < 4.78 is 1.69.